The Kier molecular flexibility index (Phi) is 5.22. The van der Waals surface area contributed by atoms with E-state index >= 15 is 0 Å². The summed E-state index contributed by atoms with van der Waals surface area (Å²) in [6.45, 7) is 6.45. The van der Waals surface area contributed by atoms with Gasteiger partial charge in [0.05, 0.1) is 43.4 Å². The molecule has 0 spiro atoms. The lowest BCUT2D eigenvalue weighted by Crippen LogP contribution is -2.38. The van der Waals surface area contributed by atoms with Gasteiger partial charge in [0.1, 0.15) is 0 Å². The van der Waals surface area contributed by atoms with Gasteiger partial charge < -0.3 is 19.6 Å². The molecule has 0 aromatic carbocycles. The summed E-state index contributed by atoms with van der Waals surface area (Å²) >= 11 is 0. The average molecular weight is 376 g/mol. The molecule has 1 N–H and O–H groups in total. The van der Waals surface area contributed by atoms with Crippen LogP contribution in [0.1, 0.15) is 37.3 Å². The van der Waals surface area contributed by atoms with Crippen molar-refractivity contribution in [3.8, 4) is 0 Å². The summed E-state index contributed by atoms with van der Waals surface area (Å²) in [6, 6.07) is 1.94. The van der Waals surface area contributed by atoms with E-state index in [4.69, 9.17) is 4.74 Å². The van der Waals surface area contributed by atoms with E-state index in [0.717, 1.165) is 25.2 Å². The lowest BCUT2D eigenvalue weighted by Gasteiger charge is -2.29. The van der Waals surface area contributed by atoms with Crippen molar-refractivity contribution in [2.45, 2.75) is 39.0 Å². The van der Waals surface area contributed by atoms with Crippen molar-refractivity contribution in [1.82, 2.24) is 19.7 Å². The highest BCUT2D eigenvalue weighted by Crippen LogP contribution is 2.24. The SMILES string of the molecule is CCC(O)c1cc2n(n1)CCCN(c1ncc(F)c(N3CCOCC3)n1)C2. The molecule has 0 aliphatic carbocycles. The van der Waals surface area contributed by atoms with Crippen LogP contribution in [0.25, 0.3) is 0 Å². The number of aliphatic hydroxyl groups excluding tert-OH is 1. The van der Waals surface area contributed by atoms with Crippen LogP contribution in [-0.2, 0) is 17.8 Å². The predicted molar refractivity (Wildman–Crippen MR) is 98.2 cm³/mol. The van der Waals surface area contributed by atoms with Gasteiger partial charge >= 0.3 is 0 Å². The Morgan fingerprint density at radius 3 is 2.81 bits per heavy atom. The average Bonchev–Trinajstić information content (AvgIpc) is 3.00. The van der Waals surface area contributed by atoms with Crippen LogP contribution in [0.3, 0.4) is 0 Å². The molecule has 146 valence electrons. The van der Waals surface area contributed by atoms with E-state index in [1.54, 1.807) is 0 Å². The summed E-state index contributed by atoms with van der Waals surface area (Å²) in [5, 5.41) is 14.6. The Labute approximate surface area is 157 Å². The van der Waals surface area contributed by atoms with Crippen LogP contribution in [0.2, 0.25) is 0 Å². The van der Waals surface area contributed by atoms with Crippen LogP contribution in [0, 0.1) is 5.82 Å². The highest BCUT2D eigenvalue weighted by molar-refractivity contribution is 5.45. The first-order valence-electron chi connectivity index (χ1n) is 9.50. The fraction of sp³-hybridized carbons (Fsp3) is 0.611. The standard InChI is InChI=1S/C18H25FN6O2/c1-2-16(26)15-10-13-12-24(4-3-5-25(13)22-15)18-20-11-14(19)17(21-18)23-6-8-27-9-7-23/h10-11,16,26H,2-9,12H2,1H3. The number of morpholine rings is 1. The zero-order valence-corrected chi connectivity index (χ0v) is 15.5. The molecule has 2 aromatic rings. The Morgan fingerprint density at radius 1 is 1.22 bits per heavy atom. The van der Waals surface area contributed by atoms with Gasteiger partial charge in [-0.2, -0.15) is 10.1 Å². The maximum atomic E-state index is 14.3. The van der Waals surface area contributed by atoms with E-state index in [-0.39, 0.29) is 0 Å². The molecule has 0 radical (unpaired) electrons. The van der Waals surface area contributed by atoms with Gasteiger partial charge in [0.15, 0.2) is 11.6 Å². The molecule has 9 heteroatoms. The maximum absolute atomic E-state index is 14.3. The van der Waals surface area contributed by atoms with Crippen LogP contribution in [0.4, 0.5) is 16.2 Å². The molecular formula is C18H25FN6O2. The molecule has 0 saturated carbocycles. The predicted octanol–water partition coefficient (Wildman–Crippen LogP) is 1.50. The molecule has 27 heavy (non-hydrogen) atoms. The largest absolute Gasteiger partial charge is 0.387 e. The zero-order valence-electron chi connectivity index (χ0n) is 15.5. The fourth-order valence-corrected chi connectivity index (χ4v) is 3.53. The van der Waals surface area contributed by atoms with Gasteiger partial charge in [-0.05, 0) is 18.9 Å². The number of rotatable bonds is 4. The minimum atomic E-state index is -0.548. The number of aliphatic hydroxyl groups is 1. The smallest absolute Gasteiger partial charge is 0.227 e. The zero-order chi connectivity index (χ0) is 18.8. The third-order valence-corrected chi connectivity index (χ3v) is 5.07. The first kappa shape index (κ1) is 18.1. The number of hydrogen-bond acceptors (Lipinski definition) is 7. The van der Waals surface area contributed by atoms with E-state index < -0.39 is 11.9 Å². The summed E-state index contributed by atoms with van der Waals surface area (Å²) in [5.41, 5.74) is 1.71. The topological polar surface area (TPSA) is 79.5 Å². The molecule has 2 aliphatic heterocycles. The second-order valence-electron chi connectivity index (χ2n) is 6.92. The molecule has 4 heterocycles. The quantitative estimate of drug-likeness (QED) is 0.866. The van der Waals surface area contributed by atoms with Gasteiger partial charge in [-0.3, -0.25) is 4.68 Å². The van der Waals surface area contributed by atoms with Crippen molar-refractivity contribution >= 4 is 11.8 Å². The number of hydrogen-bond donors (Lipinski definition) is 1. The summed E-state index contributed by atoms with van der Waals surface area (Å²) in [4.78, 5) is 12.7. The molecular weight excluding hydrogens is 351 g/mol. The van der Waals surface area contributed by atoms with Crippen molar-refractivity contribution in [2.24, 2.45) is 0 Å². The normalized spacial score (nSPS) is 18.9. The number of nitrogens with zero attached hydrogens (tertiary/aromatic N) is 6. The third kappa shape index (κ3) is 3.74. The number of fused-ring (bicyclic) bond motifs is 1. The Balaban J connectivity index is 1.58. The summed E-state index contributed by atoms with van der Waals surface area (Å²) in [5.74, 6) is 0.446. The van der Waals surface area contributed by atoms with Crippen LogP contribution in [0.15, 0.2) is 12.3 Å². The van der Waals surface area contributed by atoms with Crippen LogP contribution in [0.5, 0.6) is 0 Å². The lowest BCUT2D eigenvalue weighted by atomic mass is 10.2. The van der Waals surface area contributed by atoms with Crippen molar-refractivity contribution in [2.75, 3.05) is 42.6 Å². The van der Waals surface area contributed by atoms with Crippen molar-refractivity contribution in [1.29, 1.82) is 0 Å². The highest BCUT2D eigenvalue weighted by atomic mass is 19.1. The van der Waals surface area contributed by atoms with Crippen LogP contribution < -0.4 is 9.80 Å². The van der Waals surface area contributed by atoms with Crippen molar-refractivity contribution in [3.05, 3.63) is 29.5 Å². The molecule has 8 nitrogen and oxygen atoms in total. The second kappa shape index (κ2) is 7.77. The summed E-state index contributed by atoms with van der Waals surface area (Å²) in [6.07, 6.45) is 2.21. The molecule has 1 atom stereocenters. The molecule has 0 amide bonds. The molecule has 1 fully saturated rings. The Morgan fingerprint density at radius 2 is 2.04 bits per heavy atom. The van der Waals surface area contributed by atoms with E-state index in [0.29, 0.717) is 56.7 Å². The van der Waals surface area contributed by atoms with Crippen LogP contribution >= 0.6 is 0 Å². The Hall–Kier alpha value is -2.26. The van der Waals surface area contributed by atoms with Crippen LogP contribution in [-0.4, -0.2) is 57.7 Å². The number of ether oxygens (including phenoxy) is 1. The van der Waals surface area contributed by atoms with E-state index in [1.807, 2.05) is 27.5 Å². The number of halogens is 1. The van der Waals surface area contributed by atoms with Gasteiger partial charge in [0, 0.05) is 26.2 Å². The lowest BCUT2D eigenvalue weighted by molar-refractivity contribution is 0.122. The maximum Gasteiger partial charge on any atom is 0.227 e. The van der Waals surface area contributed by atoms with Gasteiger partial charge in [-0.1, -0.05) is 6.92 Å². The second-order valence-corrected chi connectivity index (χ2v) is 6.92. The summed E-state index contributed by atoms with van der Waals surface area (Å²) < 4.78 is 21.6. The summed E-state index contributed by atoms with van der Waals surface area (Å²) in [7, 11) is 0. The fourth-order valence-electron chi connectivity index (χ4n) is 3.53. The number of anilines is 2. The third-order valence-electron chi connectivity index (χ3n) is 5.07. The molecule has 2 aliphatic rings. The first-order valence-corrected chi connectivity index (χ1v) is 9.50. The van der Waals surface area contributed by atoms with Gasteiger partial charge in [0.2, 0.25) is 5.95 Å². The van der Waals surface area contributed by atoms with Crippen molar-refractivity contribution in [3.63, 3.8) is 0 Å². The monoisotopic (exact) mass is 376 g/mol. The molecule has 4 rings (SSSR count). The minimum Gasteiger partial charge on any atom is -0.387 e. The highest BCUT2D eigenvalue weighted by Gasteiger charge is 2.23. The van der Waals surface area contributed by atoms with E-state index in [2.05, 4.69) is 15.1 Å². The molecule has 0 bridgehead atoms. The molecule has 1 saturated heterocycles. The molecule has 2 aromatic heterocycles. The van der Waals surface area contributed by atoms with Gasteiger partial charge in [0.25, 0.3) is 0 Å². The molecule has 1 unspecified atom stereocenters. The Bertz CT molecular complexity index is 792. The first-order chi connectivity index (χ1) is 13.2. The number of aryl methyl sites for hydroxylation is 1. The minimum absolute atomic E-state index is 0.336. The van der Waals surface area contributed by atoms with Crippen molar-refractivity contribution < 1.29 is 14.2 Å². The van der Waals surface area contributed by atoms with E-state index in [9.17, 15) is 9.50 Å². The van der Waals surface area contributed by atoms with Gasteiger partial charge in [-0.15, -0.1) is 0 Å². The van der Waals surface area contributed by atoms with E-state index in [1.165, 1.54) is 6.20 Å². The number of aromatic nitrogens is 4. The van der Waals surface area contributed by atoms with Gasteiger partial charge in [-0.25, -0.2) is 9.37 Å².